The van der Waals surface area contributed by atoms with Crippen LogP contribution in [0.4, 0.5) is 0 Å². The Labute approximate surface area is 259 Å². The fraction of sp³-hybridized carbons (Fsp3) is 0.219. The molecule has 0 saturated carbocycles. The molecule has 14 heteroatoms. The van der Waals surface area contributed by atoms with E-state index in [1.807, 2.05) is 0 Å². The molecule has 0 radical (unpaired) electrons. The quantitative estimate of drug-likeness (QED) is 0.121. The monoisotopic (exact) mass is 636 g/mol. The maximum absolute atomic E-state index is 13.7. The largest absolute Gasteiger partial charge is 0.508 e. The van der Waals surface area contributed by atoms with E-state index in [2.05, 4.69) is 0 Å². The number of aromatic hydroxyl groups is 4. The van der Waals surface area contributed by atoms with Gasteiger partial charge in [-0.1, -0.05) is 12.1 Å². The van der Waals surface area contributed by atoms with Crippen LogP contribution in [-0.2, 0) is 23.8 Å². The lowest BCUT2D eigenvalue weighted by Gasteiger charge is -2.41. The summed E-state index contributed by atoms with van der Waals surface area (Å²) in [6, 6.07) is 13.2. The number of fused-ring (bicyclic) bond motifs is 1. The molecule has 1 fully saturated rings. The second kappa shape index (κ2) is 13.2. The van der Waals surface area contributed by atoms with Crippen LogP contribution in [-0.4, -0.2) is 79.9 Å². The van der Waals surface area contributed by atoms with Crippen LogP contribution in [0.5, 0.6) is 28.7 Å². The lowest BCUT2D eigenvalue weighted by atomic mass is 9.98. The lowest BCUT2D eigenvalue weighted by Crippen LogP contribution is -2.61. The zero-order chi connectivity index (χ0) is 33.1. The van der Waals surface area contributed by atoms with Gasteiger partial charge in [-0.05, 0) is 48.0 Å². The summed E-state index contributed by atoms with van der Waals surface area (Å²) in [7, 11) is 0. The summed E-state index contributed by atoms with van der Waals surface area (Å²) >= 11 is 0. The topological polar surface area (TPSA) is 223 Å². The van der Waals surface area contributed by atoms with Crippen LogP contribution in [0.15, 0.2) is 76.0 Å². The maximum Gasteiger partial charge on any atom is 0.331 e. The average Bonchev–Trinajstić information content (AvgIpc) is 3.00. The number of phenolic OH excluding ortho intramolecular Hbond substituents is 4. The number of hydrogen-bond acceptors (Lipinski definition) is 14. The van der Waals surface area contributed by atoms with Crippen molar-refractivity contribution in [3.8, 4) is 40.1 Å². The predicted molar refractivity (Wildman–Crippen MR) is 158 cm³/mol. The number of esters is 2. The normalized spacial score (nSPS) is 21.2. The number of rotatable bonds is 8. The summed E-state index contributed by atoms with van der Waals surface area (Å²) in [5, 5.41) is 61.4. The molecule has 1 aromatic heterocycles. The minimum atomic E-state index is -1.94. The number of phenols is 4. The number of hydrogen-bond donors (Lipinski definition) is 6. The fourth-order valence-electron chi connectivity index (χ4n) is 4.69. The molecule has 0 aliphatic carbocycles. The van der Waals surface area contributed by atoms with Crippen LogP contribution in [0.1, 0.15) is 12.5 Å². The van der Waals surface area contributed by atoms with E-state index in [9.17, 15) is 45.0 Å². The van der Waals surface area contributed by atoms with Gasteiger partial charge in [0.1, 0.15) is 52.8 Å². The smallest absolute Gasteiger partial charge is 0.331 e. The average molecular weight is 637 g/mol. The number of ether oxygens (including phenoxy) is 4. The summed E-state index contributed by atoms with van der Waals surface area (Å²) in [6.07, 6.45) is -6.31. The first-order valence-electron chi connectivity index (χ1n) is 13.7. The van der Waals surface area contributed by atoms with Gasteiger partial charge in [-0.15, -0.1) is 0 Å². The Morgan fingerprint density at radius 1 is 0.891 bits per heavy atom. The predicted octanol–water partition coefficient (Wildman–Crippen LogP) is 2.30. The number of aliphatic hydroxyl groups excluding tert-OH is 2. The Kier molecular flexibility index (Phi) is 9.13. The third-order valence-corrected chi connectivity index (χ3v) is 6.93. The van der Waals surface area contributed by atoms with Crippen molar-refractivity contribution < 1.29 is 63.6 Å². The van der Waals surface area contributed by atoms with Gasteiger partial charge in [-0.2, -0.15) is 0 Å². The summed E-state index contributed by atoms with van der Waals surface area (Å²) in [6.45, 7) is 0.551. The zero-order valence-corrected chi connectivity index (χ0v) is 24.0. The third kappa shape index (κ3) is 6.89. The lowest BCUT2D eigenvalue weighted by molar-refractivity contribution is -0.281. The molecule has 46 heavy (non-hydrogen) atoms. The van der Waals surface area contributed by atoms with Gasteiger partial charge >= 0.3 is 11.9 Å². The van der Waals surface area contributed by atoms with Gasteiger partial charge in [0.15, 0.2) is 18.0 Å². The van der Waals surface area contributed by atoms with Crippen LogP contribution < -0.4 is 10.2 Å². The highest BCUT2D eigenvalue weighted by Gasteiger charge is 2.49. The molecule has 14 nitrogen and oxygen atoms in total. The van der Waals surface area contributed by atoms with E-state index in [1.165, 1.54) is 54.6 Å². The van der Waals surface area contributed by atoms with E-state index in [-0.39, 0.29) is 33.8 Å². The van der Waals surface area contributed by atoms with Crippen LogP contribution in [0.25, 0.3) is 28.4 Å². The summed E-state index contributed by atoms with van der Waals surface area (Å²) in [5.41, 5.74) is -0.457. The molecular formula is C32H28O14. The second-order valence-corrected chi connectivity index (χ2v) is 10.2. The molecule has 0 amide bonds. The van der Waals surface area contributed by atoms with Crippen molar-refractivity contribution in [1.82, 2.24) is 0 Å². The Morgan fingerprint density at radius 2 is 1.54 bits per heavy atom. The first kappa shape index (κ1) is 31.8. The van der Waals surface area contributed by atoms with Crippen molar-refractivity contribution in [2.24, 2.45) is 0 Å². The molecule has 1 aliphatic rings. The van der Waals surface area contributed by atoms with E-state index in [0.29, 0.717) is 5.56 Å². The SMILES string of the molecule is CC(=O)OC[C@H]1O[C@@H](Oc2c(-c3ccc(O)cc3)oc3cc(O)cc(O)c3c2=O)[C@H](O)[C@@H](OC(=O)/C=C/c2ccc(O)cc2)[C@@H]1O. The second-order valence-electron chi connectivity index (χ2n) is 10.2. The molecule has 5 atom stereocenters. The van der Waals surface area contributed by atoms with Crippen molar-refractivity contribution >= 4 is 29.0 Å². The number of benzene rings is 3. The number of aliphatic hydroxyl groups is 2. The summed E-state index contributed by atoms with van der Waals surface area (Å²) < 4.78 is 27.7. The van der Waals surface area contributed by atoms with E-state index >= 15 is 0 Å². The first-order valence-corrected chi connectivity index (χ1v) is 13.7. The number of carbonyl (C=O) groups excluding carboxylic acids is 2. The Hall–Kier alpha value is -5.57. The van der Waals surface area contributed by atoms with Crippen molar-refractivity contribution in [2.45, 2.75) is 37.6 Å². The summed E-state index contributed by atoms with van der Waals surface area (Å²) in [5.74, 6) is -3.73. The number of carbonyl (C=O) groups is 2. The van der Waals surface area contributed by atoms with Crippen molar-refractivity contribution in [3.05, 3.63) is 82.5 Å². The van der Waals surface area contributed by atoms with Crippen LogP contribution in [0.3, 0.4) is 0 Å². The molecule has 0 spiro atoms. The van der Waals surface area contributed by atoms with Gasteiger partial charge in [0.25, 0.3) is 0 Å². The van der Waals surface area contributed by atoms with Gasteiger partial charge in [0.05, 0.1) is 0 Å². The molecule has 2 heterocycles. The van der Waals surface area contributed by atoms with Crippen LogP contribution in [0, 0.1) is 0 Å². The van der Waals surface area contributed by atoms with Gasteiger partial charge in [-0.25, -0.2) is 4.79 Å². The highest BCUT2D eigenvalue weighted by atomic mass is 16.7. The van der Waals surface area contributed by atoms with Gasteiger partial charge in [-0.3, -0.25) is 9.59 Å². The minimum absolute atomic E-state index is 0.0143. The maximum atomic E-state index is 13.7. The van der Waals surface area contributed by atoms with Crippen LogP contribution >= 0.6 is 0 Å². The van der Waals surface area contributed by atoms with Gasteiger partial charge in [0, 0.05) is 30.7 Å². The zero-order valence-electron chi connectivity index (χ0n) is 24.0. The first-order chi connectivity index (χ1) is 21.9. The van der Waals surface area contributed by atoms with E-state index in [0.717, 1.165) is 25.1 Å². The summed E-state index contributed by atoms with van der Waals surface area (Å²) in [4.78, 5) is 38.0. The molecule has 1 saturated heterocycles. The highest BCUT2D eigenvalue weighted by Crippen LogP contribution is 2.37. The molecule has 3 aromatic carbocycles. The highest BCUT2D eigenvalue weighted by molar-refractivity contribution is 5.88. The van der Waals surface area contributed by atoms with Gasteiger partial charge in [0.2, 0.25) is 17.5 Å². The molecule has 0 bridgehead atoms. The molecule has 5 rings (SSSR count). The Morgan fingerprint density at radius 3 is 2.20 bits per heavy atom. The molecule has 6 N–H and O–H groups in total. The molecule has 1 aliphatic heterocycles. The van der Waals surface area contributed by atoms with Crippen molar-refractivity contribution in [3.63, 3.8) is 0 Å². The van der Waals surface area contributed by atoms with E-state index < -0.39 is 71.9 Å². The molecule has 240 valence electrons. The standard InChI is InChI=1S/C32H28O14/c1-15(33)42-14-23-26(39)30(45-24(38)11-4-16-2-7-18(34)8-3-16)28(41)32(44-23)46-31-27(40)25-21(37)12-20(36)13-22(25)43-29(31)17-5-9-19(35)10-6-17/h2-13,23,26,28,30,32,34-37,39,41H,14H2,1H3/b11-4+/t23-,26-,28-,30+,32+/m1/s1. The van der Waals surface area contributed by atoms with Crippen molar-refractivity contribution in [2.75, 3.05) is 6.61 Å². The Balaban J connectivity index is 1.52. The fourth-order valence-corrected chi connectivity index (χ4v) is 4.69. The molecule has 4 aromatic rings. The van der Waals surface area contributed by atoms with E-state index in [4.69, 9.17) is 23.4 Å². The third-order valence-electron chi connectivity index (χ3n) is 6.93. The van der Waals surface area contributed by atoms with E-state index in [1.54, 1.807) is 0 Å². The van der Waals surface area contributed by atoms with Crippen molar-refractivity contribution in [1.29, 1.82) is 0 Å². The van der Waals surface area contributed by atoms with Crippen LogP contribution in [0.2, 0.25) is 0 Å². The molecular weight excluding hydrogens is 608 g/mol. The van der Waals surface area contributed by atoms with Gasteiger partial charge < -0.3 is 54.0 Å². The minimum Gasteiger partial charge on any atom is -0.508 e. The Bertz CT molecular complexity index is 1830. The molecule has 0 unspecified atom stereocenters.